The Morgan fingerprint density at radius 2 is 0.292 bits per heavy atom. The molecule has 96 heavy (non-hydrogen) atoms. The van der Waals surface area contributed by atoms with Gasteiger partial charge in [-0.2, -0.15) is 0 Å². The van der Waals surface area contributed by atoms with Gasteiger partial charge in [-0.05, 0) is 254 Å². The van der Waals surface area contributed by atoms with Crippen LogP contribution in [-0.2, 0) is 0 Å². The normalized spacial score (nSPS) is 14.8. The summed E-state index contributed by atoms with van der Waals surface area (Å²) in [5.74, 6) is 6.57. The highest BCUT2D eigenvalue weighted by molar-refractivity contribution is 7.90. The molecule has 1 aliphatic heterocycles. The smallest absolute Gasteiger partial charge is 0.0587 e. The summed E-state index contributed by atoms with van der Waals surface area (Å²) in [5.41, 5.74) is 29.5. The van der Waals surface area contributed by atoms with Crippen LogP contribution in [0.15, 0.2) is 72.8 Å². The van der Waals surface area contributed by atoms with Crippen LogP contribution in [0.5, 0.6) is 0 Å². The third-order valence-corrected chi connectivity index (χ3v) is 90.1. The molecule has 0 aliphatic carbocycles. The third-order valence-electron chi connectivity index (χ3n) is 22.2. The van der Waals surface area contributed by atoms with E-state index in [0.29, 0.717) is 107 Å². The monoisotopic (exact) mass is 1390 g/mol. The van der Waals surface area contributed by atoms with Crippen molar-refractivity contribution in [2.75, 3.05) is 0 Å². The summed E-state index contributed by atoms with van der Waals surface area (Å²) in [6.45, 7) is 92.9. The van der Waals surface area contributed by atoms with Gasteiger partial charge in [-0.1, -0.05) is 322 Å². The fourth-order valence-electron chi connectivity index (χ4n) is 16.2. The highest BCUT2D eigenvalue weighted by Crippen LogP contribution is 2.41. The van der Waals surface area contributed by atoms with Crippen molar-refractivity contribution in [2.45, 2.75) is 356 Å². The molecule has 7 rings (SSSR count). The Balaban J connectivity index is 2.29. The van der Waals surface area contributed by atoms with Gasteiger partial charge in [-0.15, -0.1) is 0 Å². The van der Waals surface area contributed by atoms with E-state index in [2.05, 4.69) is 322 Å². The molecule has 2 radical (unpaired) electrons. The lowest BCUT2D eigenvalue weighted by Gasteiger charge is -2.51. The third kappa shape index (κ3) is 15.2. The Morgan fingerprint density at radius 1 is 0.177 bits per heavy atom. The van der Waals surface area contributed by atoms with Gasteiger partial charge in [0, 0.05) is 14.8 Å². The van der Waals surface area contributed by atoms with Crippen LogP contribution in [0.4, 0.5) is 0 Å². The first-order valence-electron chi connectivity index (χ1n) is 38.9. The fourth-order valence-corrected chi connectivity index (χ4v) is 138. The van der Waals surface area contributed by atoms with Crippen molar-refractivity contribution in [3.05, 3.63) is 173 Å². The van der Waals surface area contributed by atoms with Crippen LogP contribution in [0.1, 0.15) is 456 Å². The molecule has 0 aromatic heterocycles. The van der Waals surface area contributed by atoms with E-state index in [9.17, 15) is 0 Å². The lowest BCUT2D eigenvalue weighted by molar-refractivity contribution is 0.808. The lowest BCUT2D eigenvalue weighted by atomic mass is 9.89. The van der Waals surface area contributed by atoms with E-state index in [1.165, 1.54) is 33.4 Å². The predicted molar refractivity (Wildman–Crippen MR) is 445 cm³/mol. The maximum absolute atomic E-state index is 3.31. The van der Waals surface area contributed by atoms with Gasteiger partial charge in [0.05, 0.1) is 0 Å². The van der Waals surface area contributed by atoms with Crippen molar-refractivity contribution >= 4 is 76.4 Å². The molecule has 0 N–H and O–H groups in total. The second-order valence-electron chi connectivity index (χ2n) is 35.7. The van der Waals surface area contributed by atoms with Gasteiger partial charge in [-0.3, -0.25) is 0 Å². The van der Waals surface area contributed by atoms with E-state index >= 15 is 0 Å². The van der Waals surface area contributed by atoms with Crippen molar-refractivity contribution < 1.29 is 0 Å². The van der Waals surface area contributed by atoms with Gasteiger partial charge in [0.1, 0.15) is 14.2 Å². The largest absolute Gasteiger partial charge is 0.132 e. The molecule has 0 unspecified atom stereocenters. The molecule has 0 fully saturated rings. The number of hydrogen-bond donors (Lipinski definition) is 0. The van der Waals surface area contributed by atoms with Crippen molar-refractivity contribution in [2.24, 2.45) is 0 Å². The summed E-state index contributed by atoms with van der Waals surface area (Å²) < 4.78 is 0. The van der Waals surface area contributed by atoms with Crippen LogP contribution in [0.2, 0.25) is 0 Å². The zero-order chi connectivity index (χ0) is 72.3. The second-order valence-corrected chi connectivity index (χ2v) is 70.7. The summed E-state index contributed by atoms with van der Waals surface area (Å²) in [4.78, 5) is 0. The molecule has 0 saturated heterocycles. The Bertz CT molecular complexity index is 3240. The van der Waals surface area contributed by atoms with Gasteiger partial charge < -0.3 is 0 Å². The molecule has 0 atom stereocenters. The molecule has 6 heteroatoms. The van der Waals surface area contributed by atoms with E-state index < -0.39 is 29.0 Å². The van der Waals surface area contributed by atoms with Crippen LogP contribution in [0.3, 0.4) is 0 Å². The average Bonchev–Trinajstić information content (AvgIpc) is 0.668. The van der Waals surface area contributed by atoms with E-state index in [1.807, 2.05) is 31.1 Å². The SMILES string of the molecule is CC(C)c1cc(C(C)C)c([Si]2=[Si][Si](c3c(C(C)C)cc(C(C)C)cc3C(C)C)(c3c(C(C)C)cc(C(C)C)cc3C(C)C)[Si](c3c(C(C)C)cc(C(C)C)cc3C(C)C)=[Si][Si]2(c2c(C(C)C)cc(C(C)C)cc2C(C)C)c2c(C(C)C)cc(C(C)C)cc2C(C)C)c(C(C)C)c1. The highest BCUT2D eigenvalue weighted by Gasteiger charge is 2.59. The summed E-state index contributed by atoms with van der Waals surface area (Å²) in [6, 6.07) is 34.3. The quantitative estimate of drug-likeness (QED) is 0.0530. The van der Waals surface area contributed by atoms with Crippen LogP contribution in [0.25, 0.3) is 0 Å². The van der Waals surface area contributed by atoms with Gasteiger partial charge >= 0.3 is 0 Å². The van der Waals surface area contributed by atoms with E-state index in [4.69, 9.17) is 0 Å². The first-order valence-corrected chi connectivity index (χ1v) is 53.9. The molecule has 522 valence electrons. The highest BCUT2D eigenvalue weighted by atomic mass is 30.0. The van der Waals surface area contributed by atoms with Crippen molar-refractivity contribution in [1.82, 2.24) is 0 Å². The summed E-state index contributed by atoms with van der Waals surface area (Å²) >= 11 is 0. The molecule has 1 heterocycles. The van der Waals surface area contributed by atoms with Gasteiger partial charge in [-0.25, -0.2) is 0 Å². The van der Waals surface area contributed by atoms with Crippen LogP contribution in [-0.4, -0.2) is 45.3 Å². The first-order chi connectivity index (χ1) is 44.5. The van der Waals surface area contributed by atoms with Crippen molar-refractivity contribution in [3.8, 4) is 0 Å². The number of hydrogen-bond acceptors (Lipinski definition) is 0. The van der Waals surface area contributed by atoms with Crippen LogP contribution < -0.4 is 31.1 Å². The minimum Gasteiger partial charge on any atom is -0.0587 e. The van der Waals surface area contributed by atoms with E-state index in [-0.39, 0.29) is 0 Å². The van der Waals surface area contributed by atoms with Crippen LogP contribution >= 0.6 is 0 Å². The van der Waals surface area contributed by atoms with Crippen molar-refractivity contribution in [3.63, 3.8) is 0 Å². The molecule has 0 saturated carbocycles. The Kier molecular flexibility index (Phi) is 26.2. The maximum atomic E-state index is 2.86. The Hall–Kier alpha value is -3.38. The number of benzene rings is 6. The molecule has 6 aromatic rings. The Labute approximate surface area is 600 Å². The minimum atomic E-state index is -3.31. The van der Waals surface area contributed by atoms with Gasteiger partial charge in [0.2, 0.25) is 0 Å². The average molecular weight is 1390 g/mol. The second kappa shape index (κ2) is 31.5. The van der Waals surface area contributed by atoms with E-state index in [1.54, 1.807) is 66.8 Å². The summed E-state index contributed by atoms with van der Waals surface area (Å²) in [5, 5.41) is 11.4. The van der Waals surface area contributed by atoms with Crippen molar-refractivity contribution in [1.29, 1.82) is 0 Å². The molecule has 1 aliphatic rings. The van der Waals surface area contributed by atoms with Gasteiger partial charge in [0.25, 0.3) is 0 Å². The minimum absolute atomic E-state index is 0.337. The molecule has 0 spiro atoms. The standard InChI is InChI=1S/C90H138Si6/c1-49(2)67-37-73(55(13)14)85(74(38-67)56(15)16)93-91-96(89-81(63(29)30)45-71(53(9)10)46-82(89)64(31)32,90-83(65(33)34)47-72(54(11)12)48-84(90)66(35)36)94(86-75(57(17)18)39-68(50(3)4)40-76(86)58(19)20)92-95(93,87-77(59(21)22)41-69(51(5)6)42-78(87)60(23)24)88-79(61(25)26)43-70(52(7)8)44-80(88)62(27)28/h37-66H,1-36H3. The topological polar surface area (TPSA) is 0 Å². The first kappa shape index (κ1) is 79.9. The van der Waals surface area contributed by atoms with E-state index in [0.717, 1.165) is 16.3 Å². The molecule has 6 aromatic carbocycles. The fraction of sp³-hybridized carbons (Fsp3) is 0.600. The lowest BCUT2D eigenvalue weighted by Crippen LogP contribution is -2.87. The maximum Gasteiger partial charge on any atom is 0.132 e. The zero-order valence-corrected chi connectivity index (χ0v) is 74.3. The zero-order valence-electron chi connectivity index (χ0n) is 68.3. The molecular formula is C90H138Si6. The summed E-state index contributed by atoms with van der Waals surface area (Å²) in [6.07, 6.45) is 0. The predicted octanol–water partition coefficient (Wildman–Crippen LogP) is 23.1. The molecular weight excluding hydrogens is 1250 g/mol. The number of rotatable bonds is 24. The Morgan fingerprint density at radius 3 is 0.396 bits per heavy atom. The molecule has 0 amide bonds. The summed E-state index contributed by atoms with van der Waals surface area (Å²) in [7, 11) is -8.64. The molecule has 0 nitrogen and oxygen atoms in total. The molecule has 0 bridgehead atoms. The van der Waals surface area contributed by atoms with Gasteiger partial charge in [0.15, 0.2) is 0 Å². The van der Waals surface area contributed by atoms with Crippen LogP contribution in [0, 0.1) is 0 Å².